The lowest BCUT2D eigenvalue weighted by Gasteiger charge is -2.35. The van der Waals surface area contributed by atoms with Crippen molar-refractivity contribution >= 4 is 11.3 Å². The fraction of sp³-hybridized carbons (Fsp3) is 0.750. The summed E-state index contributed by atoms with van der Waals surface area (Å²) in [6, 6.07) is 0.704. The lowest BCUT2D eigenvalue weighted by atomic mass is 9.75. The first-order valence-corrected chi connectivity index (χ1v) is 6.64. The van der Waals surface area contributed by atoms with Crippen molar-refractivity contribution in [2.45, 2.75) is 52.1 Å². The van der Waals surface area contributed by atoms with Crippen molar-refractivity contribution in [2.24, 2.45) is 5.41 Å². The third-order valence-electron chi connectivity index (χ3n) is 3.25. The van der Waals surface area contributed by atoms with Gasteiger partial charge in [0.25, 0.3) is 0 Å². The van der Waals surface area contributed by atoms with Crippen molar-refractivity contribution < 1.29 is 0 Å². The van der Waals surface area contributed by atoms with Crippen LogP contribution in [0.25, 0.3) is 0 Å². The third kappa shape index (κ3) is 3.28. The summed E-state index contributed by atoms with van der Waals surface area (Å²) in [5, 5.41) is 3.65. The first-order chi connectivity index (χ1) is 7.16. The Hall–Kier alpha value is -0.410. The second kappa shape index (κ2) is 4.62. The van der Waals surface area contributed by atoms with Crippen molar-refractivity contribution in [1.29, 1.82) is 0 Å². The second-order valence-corrected chi connectivity index (χ2v) is 6.28. The van der Waals surface area contributed by atoms with E-state index in [4.69, 9.17) is 0 Å². The van der Waals surface area contributed by atoms with Crippen molar-refractivity contribution in [3.8, 4) is 0 Å². The summed E-state index contributed by atoms with van der Waals surface area (Å²) >= 11 is 1.74. The van der Waals surface area contributed by atoms with E-state index >= 15 is 0 Å². The summed E-state index contributed by atoms with van der Waals surface area (Å²) in [5.74, 6) is 0. The summed E-state index contributed by atoms with van der Waals surface area (Å²) in [5.41, 5.74) is 2.44. The van der Waals surface area contributed by atoms with Gasteiger partial charge in [0.1, 0.15) is 0 Å². The molecule has 1 saturated carbocycles. The van der Waals surface area contributed by atoms with Crippen LogP contribution in [0.15, 0.2) is 11.7 Å². The number of nitrogens with zero attached hydrogens (tertiary/aromatic N) is 1. The molecule has 0 spiro atoms. The summed E-state index contributed by atoms with van der Waals surface area (Å²) in [6.45, 7) is 5.76. The number of rotatable bonds is 3. The van der Waals surface area contributed by atoms with E-state index in [-0.39, 0.29) is 0 Å². The van der Waals surface area contributed by atoms with Gasteiger partial charge in [-0.1, -0.05) is 20.3 Å². The van der Waals surface area contributed by atoms with Crippen LogP contribution in [-0.4, -0.2) is 11.0 Å². The SMILES string of the molecule is CC1(C)CCCC(NCc2cncs2)C1. The third-order valence-corrected chi connectivity index (χ3v) is 4.03. The van der Waals surface area contributed by atoms with E-state index < -0.39 is 0 Å². The van der Waals surface area contributed by atoms with Crippen LogP contribution in [0.1, 0.15) is 44.4 Å². The van der Waals surface area contributed by atoms with Gasteiger partial charge >= 0.3 is 0 Å². The summed E-state index contributed by atoms with van der Waals surface area (Å²) in [6.07, 6.45) is 7.36. The molecule has 1 aromatic rings. The maximum Gasteiger partial charge on any atom is 0.0794 e. The highest BCUT2D eigenvalue weighted by Crippen LogP contribution is 2.35. The molecule has 3 heteroatoms. The molecule has 0 bridgehead atoms. The molecule has 0 saturated heterocycles. The molecular formula is C12H20N2S. The number of hydrogen-bond acceptors (Lipinski definition) is 3. The highest BCUT2D eigenvalue weighted by molar-refractivity contribution is 7.09. The number of thiazole rings is 1. The van der Waals surface area contributed by atoms with Crippen LogP contribution in [0, 0.1) is 5.41 Å². The maximum absolute atomic E-state index is 4.09. The lowest BCUT2D eigenvalue weighted by Crippen LogP contribution is -2.36. The molecule has 1 aliphatic carbocycles. The Labute approximate surface area is 96.1 Å². The fourth-order valence-corrected chi connectivity index (χ4v) is 2.99. The lowest BCUT2D eigenvalue weighted by molar-refractivity contribution is 0.198. The van der Waals surface area contributed by atoms with Gasteiger partial charge in [0.2, 0.25) is 0 Å². The van der Waals surface area contributed by atoms with E-state index in [1.807, 2.05) is 11.7 Å². The predicted octanol–water partition coefficient (Wildman–Crippen LogP) is 3.20. The Balaban J connectivity index is 1.80. The monoisotopic (exact) mass is 224 g/mol. The van der Waals surface area contributed by atoms with Crippen molar-refractivity contribution in [1.82, 2.24) is 10.3 Å². The minimum atomic E-state index is 0.531. The molecule has 1 fully saturated rings. The minimum Gasteiger partial charge on any atom is -0.309 e. The smallest absolute Gasteiger partial charge is 0.0794 e. The highest BCUT2D eigenvalue weighted by atomic mass is 32.1. The van der Waals surface area contributed by atoms with Gasteiger partial charge in [-0.05, 0) is 24.7 Å². The Kier molecular flexibility index (Phi) is 3.42. The van der Waals surface area contributed by atoms with Gasteiger partial charge in [-0.15, -0.1) is 11.3 Å². The van der Waals surface area contributed by atoms with E-state index in [9.17, 15) is 0 Å². The first-order valence-electron chi connectivity index (χ1n) is 5.76. The molecule has 2 rings (SSSR count). The van der Waals surface area contributed by atoms with Crippen LogP contribution in [0.4, 0.5) is 0 Å². The second-order valence-electron chi connectivity index (χ2n) is 5.31. The highest BCUT2D eigenvalue weighted by Gasteiger charge is 2.27. The van der Waals surface area contributed by atoms with E-state index in [1.54, 1.807) is 11.3 Å². The average Bonchev–Trinajstić information content (AvgIpc) is 2.65. The van der Waals surface area contributed by atoms with Crippen molar-refractivity contribution in [3.05, 3.63) is 16.6 Å². The molecule has 1 aliphatic rings. The Morgan fingerprint density at radius 3 is 3.13 bits per heavy atom. The minimum absolute atomic E-state index is 0.531. The average molecular weight is 224 g/mol. The molecule has 84 valence electrons. The molecule has 0 radical (unpaired) electrons. The van der Waals surface area contributed by atoms with Gasteiger partial charge in [-0.25, -0.2) is 0 Å². The van der Waals surface area contributed by atoms with Crippen LogP contribution in [0.5, 0.6) is 0 Å². The van der Waals surface area contributed by atoms with Crippen LogP contribution in [0.3, 0.4) is 0 Å². The van der Waals surface area contributed by atoms with Gasteiger partial charge in [0.05, 0.1) is 5.51 Å². The van der Waals surface area contributed by atoms with E-state index in [0.29, 0.717) is 11.5 Å². The molecule has 1 atom stereocenters. The van der Waals surface area contributed by atoms with Gasteiger partial charge in [0, 0.05) is 23.7 Å². The Morgan fingerprint density at radius 1 is 1.60 bits per heavy atom. The molecule has 0 amide bonds. The molecule has 1 aromatic heterocycles. The quantitative estimate of drug-likeness (QED) is 0.853. The van der Waals surface area contributed by atoms with Crippen LogP contribution >= 0.6 is 11.3 Å². The van der Waals surface area contributed by atoms with E-state index in [0.717, 1.165) is 6.54 Å². The normalized spacial score (nSPS) is 25.3. The van der Waals surface area contributed by atoms with Gasteiger partial charge in [-0.2, -0.15) is 0 Å². The van der Waals surface area contributed by atoms with Crippen molar-refractivity contribution in [2.75, 3.05) is 0 Å². The zero-order chi connectivity index (χ0) is 10.7. The predicted molar refractivity (Wildman–Crippen MR) is 65.0 cm³/mol. The number of aromatic nitrogens is 1. The maximum atomic E-state index is 4.09. The largest absolute Gasteiger partial charge is 0.309 e. The first kappa shape index (κ1) is 11.1. The van der Waals surface area contributed by atoms with Crippen molar-refractivity contribution in [3.63, 3.8) is 0 Å². The standard InChI is InChI=1S/C12H20N2S/c1-12(2)5-3-4-10(6-12)14-8-11-7-13-9-15-11/h7,9-10,14H,3-6,8H2,1-2H3. The molecule has 2 nitrogen and oxygen atoms in total. The van der Waals surface area contributed by atoms with Crippen LogP contribution in [0.2, 0.25) is 0 Å². The molecule has 1 heterocycles. The Bertz CT molecular complexity index is 293. The molecule has 1 unspecified atom stereocenters. The topological polar surface area (TPSA) is 24.9 Å². The Morgan fingerprint density at radius 2 is 2.47 bits per heavy atom. The van der Waals surface area contributed by atoms with Crippen LogP contribution in [-0.2, 0) is 6.54 Å². The number of nitrogens with one attached hydrogen (secondary N) is 1. The van der Waals surface area contributed by atoms with Gasteiger partial charge in [0.15, 0.2) is 0 Å². The van der Waals surface area contributed by atoms with E-state index in [1.165, 1.54) is 30.6 Å². The van der Waals surface area contributed by atoms with Crippen LogP contribution < -0.4 is 5.32 Å². The molecule has 0 aromatic carbocycles. The zero-order valence-electron chi connectivity index (χ0n) is 9.62. The summed E-state index contributed by atoms with van der Waals surface area (Å²) in [7, 11) is 0. The van der Waals surface area contributed by atoms with Gasteiger partial charge < -0.3 is 5.32 Å². The summed E-state index contributed by atoms with van der Waals surface area (Å²) < 4.78 is 0. The molecule has 15 heavy (non-hydrogen) atoms. The van der Waals surface area contributed by atoms with E-state index in [2.05, 4.69) is 24.1 Å². The molecule has 0 aliphatic heterocycles. The fourth-order valence-electron chi connectivity index (χ4n) is 2.45. The van der Waals surface area contributed by atoms with Gasteiger partial charge in [-0.3, -0.25) is 4.98 Å². The molecular weight excluding hydrogens is 204 g/mol. The zero-order valence-corrected chi connectivity index (χ0v) is 10.4. The summed E-state index contributed by atoms with van der Waals surface area (Å²) in [4.78, 5) is 5.44. The number of hydrogen-bond donors (Lipinski definition) is 1. The molecule has 1 N–H and O–H groups in total.